The fourth-order valence-electron chi connectivity index (χ4n) is 3.55. The van der Waals surface area contributed by atoms with Crippen LogP contribution in [0.15, 0.2) is 54.6 Å². The smallest absolute Gasteiger partial charge is 0.240 e. The minimum atomic E-state index is -0.226. The molecule has 6 heteroatoms. The summed E-state index contributed by atoms with van der Waals surface area (Å²) in [5, 5.41) is 9.82. The van der Waals surface area contributed by atoms with E-state index in [9.17, 15) is 9.18 Å². The fourth-order valence-corrected chi connectivity index (χ4v) is 4.58. The van der Waals surface area contributed by atoms with Crippen molar-refractivity contribution < 1.29 is 9.18 Å². The highest BCUT2D eigenvalue weighted by atomic mass is 32.2. The SMILES string of the molecule is O=C1NC(SCc2ccccc2F)NC2C1NCC2c1ccccc1. The molecule has 1 amide bonds. The molecule has 2 fully saturated rings. The van der Waals surface area contributed by atoms with Crippen LogP contribution in [0.2, 0.25) is 0 Å². The second kappa shape index (κ2) is 7.15. The fraction of sp³-hybridized carbons (Fsp3) is 0.316. The molecule has 4 rings (SSSR count). The van der Waals surface area contributed by atoms with E-state index in [1.54, 1.807) is 12.1 Å². The predicted octanol–water partition coefficient (Wildman–Crippen LogP) is 2.19. The summed E-state index contributed by atoms with van der Waals surface area (Å²) in [4.78, 5) is 12.4. The Hall–Kier alpha value is -1.89. The Bertz CT molecular complexity index is 757. The summed E-state index contributed by atoms with van der Waals surface area (Å²) in [6, 6.07) is 16.8. The Morgan fingerprint density at radius 1 is 1.08 bits per heavy atom. The number of thioether (sulfide) groups is 1. The minimum Gasteiger partial charge on any atom is -0.330 e. The van der Waals surface area contributed by atoms with E-state index in [1.807, 2.05) is 24.3 Å². The van der Waals surface area contributed by atoms with Gasteiger partial charge in [0.25, 0.3) is 0 Å². The lowest BCUT2D eigenvalue weighted by Gasteiger charge is -2.35. The number of amides is 1. The topological polar surface area (TPSA) is 53.2 Å². The molecule has 0 bridgehead atoms. The summed E-state index contributed by atoms with van der Waals surface area (Å²) < 4.78 is 13.8. The van der Waals surface area contributed by atoms with Crippen LogP contribution in [0.5, 0.6) is 0 Å². The molecule has 4 atom stereocenters. The lowest BCUT2D eigenvalue weighted by Crippen LogP contribution is -2.64. The first-order valence-corrected chi connectivity index (χ1v) is 9.47. The van der Waals surface area contributed by atoms with Gasteiger partial charge in [0, 0.05) is 24.3 Å². The number of carbonyl (C=O) groups is 1. The van der Waals surface area contributed by atoms with Crippen LogP contribution >= 0.6 is 11.8 Å². The van der Waals surface area contributed by atoms with Gasteiger partial charge in [-0.25, -0.2) is 4.39 Å². The van der Waals surface area contributed by atoms with Crippen molar-refractivity contribution in [3.63, 3.8) is 0 Å². The number of hydrogen-bond donors (Lipinski definition) is 3. The molecule has 0 aromatic heterocycles. The third-order valence-electron chi connectivity index (χ3n) is 4.84. The van der Waals surface area contributed by atoms with Crippen LogP contribution < -0.4 is 16.0 Å². The first-order valence-electron chi connectivity index (χ1n) is 8.42. The van der Waals surface area contributed by atoms with Gasteiger partial charge in [-0.05, 0) is 17.2 Å². The molecule has 2 aliphatic heterocycles. The molecule has 4 nitrogen and oxygen atoms in total. The van der Waals surface area contributed by atoms with Gasteiger partial charge in [0.15, 0.2) is 0 Å². The van der Waals surface area contributed by atoms with E-state index in [2.05, 4.69) is 28.1 Å². The molecular weight excluding hydrogens is 337 g/mol. The van der Waals surface area contributed by atoms with Gasteiger partial charge < -0.3 is 10.6 Å². The molecular formula is C19H20FN3OS. The van der Waals surface area contributed by atoms with Crippen molar-refractivity contribution in [3.05, 3.63) is 71.5 Å². The molecule has 2 heterocycles. The molecule has 0 radical (unpaired) electrons. The maximum Gasteiger partial charge on any atom is 0.240 e. The molecule has 2 aromatic rings. The van der Waals surface area contributed by atoms with Gasteiger partial charge in [-0.1, -0.05) is 48.5 Å². The summed E-state index contributed by atoms with van der Waals surface area (Å²) in [6.07, 6.45) is 0. The maximum absolute atomic E-state index is 13.8. The molecule has 0 spiro atoms. The first kappa shape index (κ1) is 16.6. The summed E-state index contributed by atoms with van der Waals surface area (Å²) in [6.45, 7) is 0.768. The van der Waals surface area contributed by atoms with Crippen LogP contribution in [-0.2, 0) is 10.5 Å². The number of nitrogens with one attached hydrogen (secondary N) is 3. The van der Waals surface area contributed by atoms with E-state index < -0.39 is 0 Å². The number of benzene rings is 2. The van der Waals surface area contributed by atoms with E-state index in [0.717, 1.165) is 6.54 Å². The molecule has 2 saturated heterocycles. The van der Waals surface area contributed by atoms with E-state index in [1.165, 1.54) is 23.4 Å². The first-order chi connectivity index (χ1) is 12.2. The second-order valence-electron chi connectivity index (χ2n) is 6.39. The molecule has 4 unspecified atom stereocenters. The van der Waals surface area contributed by atoms with E-state index in [0.29, 0.717) is 11.3 Å². The third kappa shape index (κ3) is 3.42. The Labute approximate surface area is 150 Å². The van der Waals surface area contributed by atoms with Gasteiger partial charge in [0.2, 0.25) is 5.91 Å². The Morgan fingerprint density at radius 3 is 2.64 bits per heavy atom. The average Bonchev–Trinajstić information content (AvgIpc) is 3.06. The van der Waals surface area contributed by atoms with Crippen molar-refractivity contribution in [2.45, 2.75) is 29.3 Å². The number of hydrogen-bond acceptors (Lipinski definition) is 4. The Balaban J connectivity index is 1.46. The average molecular weight is 357 g/mol. The van der Waals surface area contributed by atoms with Gasteiger partial charge in [-0.3, -0.25) is 10.1 Å². The largest absolute Gasteiger partial charge is 0.330 e. The summed E-state index contributed by atoms with van der Waals surface area (Å²) in [5.74, 6) is 0.549. The molecule has 2 aromatic carbocycles. The van der Waals surface area contributed by atoms with Crippen molar-refractivity contribution in [2.24, 2.45) is 0 Å². The van der Waals surface area contributed by atoms with Gasteiger partial charge in [-0.2, -0.15) is 0 Å². The predicted molar refractivity (Wildman–Crippen MR) is 97.5 cm³/mol. The van der Waals surface area contributed by atoms with Gasteiger partial charge in [-0.15, -0.1) is 11.8 Å². The molecule has 2 aliphatic rings. The monoisotopic (exact) mass is 357 g/mol. The third-order valence-corrected chi connectivity index (χ3v) is 5.91. The van der Waals surface area contributed by atoms with Crippen LogP contribution in [0.4, 0.5) is 4.39 Å². The highest BCUT2D eigenvalue weighted by Gasteiger charge is 2.45. The number of rotatable bonds is 4. The van der Waals surface area contributed by atoms with Crippen LogP contribution in [-0.4, -0.2) is 30.0 Å². The highest BCUT2D eigenvalue weighted by molar-refractivity contribution is 7.99. The van der Waals surface area contributed by atoms with Gasteiger partial charge in [0.1, 0.15) is 17.4 Å². The number of halogens is 1. The minimum absolute atomic E-state index is 0.00761. The zero-order valence-corrected chi connectivity index (χ0v) is 14.4. The maximum atomic E-state index is 13.8. The standard InChI is InChI=1S/C19H20FN3OS/c20-15-9-5-4-8-13(15)11-25-19-22-16-14(12-6-2-1-3-7-12)10-21-17(16)18(24)23-19/h1-9,14,16-17,19,21-22H,10-11H2,(H,23,24). The normalized spacial score (nSPS) is 28.4. The summed E-state index contributed by atoms with van der Waals surface area (Å²) in [7, 11) is 0. The van der Waals surface area contributed by atoms with Crippen molar-refractivity contribution in [1.29, 1.82) is 0 Å². The van der Waals surface area contributed by atoms with E-state index in [-0.39, 0.29) is 35.2 Å². The summed E-state index contributed by atoms with van der Waals surface area (Å²) in [5.41, 5.74) is 1.65. The van der Waals surface area contributed by atoms with E-state index >= 15 is 0 Å². The summed E-state index contributed by atoms with van der Waals surface area (Å²) >= 11 is 1.50. The van der Waals surface area contributed by atoms with Crippen molar-refractivity contribution in [3.8, 4) is 0 Å². The van der Waals surface area contributed by atoms with Crippen LogP contribution in [0.3, 0.4) is 0 Å². The Kier molecular flexibility index (Phi) is 4.74. The van der Waals surface area contributed by atoms with Crippen LogP contribution in [0.25, 0.3) is 0 Å². The molecule has 130 valence electrons. The van der Waals surface area contributed by atoms with Crippen LogP contribution in [0.1, 0.15) is 17.0 Å². The Morgan fingerprint density at radius 2 is 1.84 bits per heavy atom. The number of carbonyl (C=O) groups excluding carboxylic acids is 1. The van der Waals surface area contributed by atoms with Gasteiger partial charge >= 0.3 is 0 Å². The molecule has 3 N–H and O–H groups in total. The van der Waals surface area contributed by atoms with Crippen molar-refractivity contribution >= 4 is 17.7 Å². The van der Waals surface area contributed by atoms with Crippen molar-refractivity contribution in [1.82, 2.24) is 16.0 Å². The van der Waals surface area contributed by atoms with Crippen LogP contribution in [0, 0.1) is 5.82 Å². The zero-order valence-electron chi connectivity index (χ0n) is 13.6. The van der Waals surface area contributed by atoms with E-state index in [4.69, 9.17) is 0 Å². The quantitative estimate of drug-likeness (QED) is 0.785. The highest BCUT2D eigenvalue weighted by Crippen LogP contribution is 2.30. The van der Waals surface area contributed by atoms with Crippen molar-refractivity contribution in [2.75, 3.05) is 6.54 Å². The van der Waals surface area contributed by atoms with Gasteiger partial charge in [0.05, 0.1) is 0 Å². The molecule has 25 heavy (non-hydrogen) atoms. The lowest BCUT2D eigenvalue weighted by molar-refractivity contribution is -0.125. The lowest BCUT2D eigenvalue weighted by atomic mass is 9.90. The number of fused-ring (bicyclic) bond motifs is 1. The second-order valence-corrected chi connectivity index (χ2v) is 7.48. The molecule has 0 saturated carbocycles. The zero-order chi connectivity index (χ0) is 17.2. The molecule has 0 aliphatic carbocycles.